The minimum Gasteiger partial charge on any atom is -0.146 e. The largest absolute Gasteiger partial charge is 0.146 e. The molecule has 1 unspecified atom stereocenters. The van der Waals surface area contributed by atoms with Gasteiger partial charge in [-0.3, -0.25) is 0 Å². The number of alkyl halides is 1. The minimum atomic E-state index is -0.0614. The summed E-state index contributed by atoms with van der Waals surface area (Å²) in [7, 11) is 0. The van der Waals surface area contributed by atoms with Gasteiger partial charge in [0.2, 0.25) is 0 Å². The van der Waals surface area contributed by atoms with E-state index < -0.39 is 0 Å². The average Bonchev–Trinajstić information content (AvgIpc) is 2.85. The fourth-order valence-electron chi connectivity index (χ4n) is 2.19. The lowest BCUT2D eigenvalue weighted by Crippen LogP contribution is -1.94. The Kier molecular flexibility index (Phi) is 3.79. The SMILES string of the molecule is Clc1ccsc1C(Cl)Cc1ccc2ccccc2c1. The molecule has 0 aliphatic heterocycles. The zero-order valence-corrected chi connectivity index (χ0v) is 12.5. The zero-order chi connectivity index (χ0) is 13.2. The van der Waals surface area contributed by atoms with E-state index in [9.17, 15) is 0 Å². The highest BCUT2D eigenvalue weighted by Crippen LogP contribution is 2.35. The molecule has 0 spiro atoms. The first-order valence-corrected chi connectivity index (χ1v) is 7.78. The first kappa shape index (κ1) is 13.0. The summed E-state index contributed by atoms with van der Waals surface area (Å²) in [4.78, 5) is 1.05. The molecular formula is C16H12Cl2S. The van der Waals surface area contributed by atoms with Gasteiger partial charge in [-0.2, -0.15) is 0 Å². The lowest BCUT2D eigenvalue weighted by Gasteiger charge is -2.09. The predicted molar refractivity (Wildman–Crippen MR) is 85.6 cm³/mol. The molecule has 19 heavy (non-hydrogen) atoms. The van der Waals surface area contributed by atoms with E-state index in [0.717, 1.165) is 16.3 Å². The van der Waals surface area contributed by atoms with Crippen molar-refractivity contribution in [1.29, 1.82) is 0 Å². The molecule has 96 valence electrons. The fourth-order valence-corrected chi connectivity index (χ4v) is 3.87. The Morgan fingerprint density at radius 3 is 2.53 bits per heavy atom. The van der Waals surface area contributed by atoms with Crippen molar-refractivity contribution in [2.45, 2.75) is 11.8 Å². The third kappa shape index (κ3) is 2.79. The van der Waals surface area contributed by atoms with Crippen LogP contribution in [0.3, 0.4) is 0 Å². The van der Waals surface area contributed by atoms with E-state index in [4.69, 9.17) is 23.2 Å². The van der Waals surface area contributed by atoms with E-state index >= 15 is 0 Å². The van der Waals surface area contributed by atoms with Crippen LogP contribution in [-0.2, 0) is 6.42 Å². The van der Waals surface area contributed by atoms with E-state index in [1.807, 2.05) is 11.4 Å². The number of thiophene rings is 1. The van der Waals surface area contributed by atoms with Gasteiger partial charge in [0.25, 0.3) is 0 Å². The molecule has 3 rings (SSSR count). The summed E-state index contributed by atoms with van der Waals surface area (Å²) >= 11 is 14.2. The van der Waals surface area contributed by atoms with Crippen LogP contribution in [0.1, 0.15) is 15.8 Å². The summed E-state index contributed by atoms with van der Waals surface area (Å²) < 4.78 is 0. The van der Waals surface area contributed by atoms with E-state index in [1.165, 1.54) is 16.3 Å². The lowest BCUT2D eigenvalue weighted by atomic mass is 10.0. The summed E-state index contributed by atoms with van der Waals surface area (Å²) in [5.74, 6) is 0. The first-order chi connectivity index (χ1) is 9.24. The van der Waals surface area contributed by atoms with Gasteiger partial charge in [0.1, 0.15) is 0 Å². The summed E-state index contributed by atoms with van der Waals surface area (Å²) in [6.07, 6.45) is 0.798. The van der Waals surface area contributed by atoms with Crippen molar-refractivity contribution in [2.75, 3.05) is 0 Å². The molecule has 3 heteroatoms. The smallest absolute Gasteiger partial charge is 0.0733 e. The molecule has 0 bridgehead atoms. The monoisotopic (exact) mass is 306 g/mol. The van der Waals surface area contributed by atoms with Gasteiger partial charge < -0.3 is 0 Å². The molecule has 1 heterocycles. The number of hydrogen-bond donors (Lipinski definition) is 0. The van der Waals surface area contributed by atoms with Gasteiger partial charge in [-0.05, 0) is 34.2 Å². The summed E-state index contributed by atoms with van der Waals surface area (Å²) in [6, 6.07) is 16.7. The topological polar surface area (TPSA) is 0 Å². The number of hydrogen-bond acceptors (Lipinski definition) is 1. The van der Waals surface area contributed by atoms with E-state index in [2.05, 4.69) is 42.5 Å². The van der Waals surface area contributed by atoms with Crippen LogP contribution in [0.5, 0.6) is 0 Å². The summed E-state index contributed by atoms with van der Waals surface area (Å²) in [5.41, 5.74) is 1.24. The Bertz CT molecular complexity index is 703. The van der Waals surface area contributed by atoms with Crippen molar-refractivity contribution in [3.8, 4) is 0 Å². The maximum atomic E-state index is 6.46. The van der Waals surface area contributed by atoms with Crippen LogP contribution in [0.15, 0.2) is 53.9 Å². The molecule has 2 aromatic carbocycles. The molecule has 0 amide bonds. The van der Waals surface area contributed by atoms with Crippen LogP contribution in [0.4, 0.5) is 0 Å². The number of halogens is 2. The van der Waals surface area contributed by atoms with Crippen LogP contribution in [0.25, 0.3) is 10.8 Å². The molecule has 0 saturated heterocycles. The van der Waals surface area contributed by atoms with Crippen molar-refractivity contribution in [3.63, 3.8) is 0 Å². The summed E-state index contributed by atoms with van der Waals surface area (Å²) in [5, 5.41) is 5.19. The van der Waals surface area contributed by atoms with Crippen LogP contribution in [-0.4, -0.2) is 0 Å². The van der Waals surface area contributed by atoms with Gasteiger partial charge in [0, 0.05) is 4.88 Å². The van der Waals surface area contributed by atoms with Gasteiger partial charge in [-0.15, -0.1) is 22.9 Å². The number of fused-ring (bicyclic) bond motifs is 1. The van der Waals surface area contributed by atoms with Crippen molar-refractivity contribution < 1.29 is 0 Å². The molecule has 0 saturated carbocycles. The van der Waals surface area contributed by atoms with Gasteiger partial charge in [-0.1, -0.05) is 54.1 Å². The molecule has 0 aliphatic rings. The van der Waals surface area contributed by atoms with E-state index in [1.54, 1.807) is 11.3 Å². The lowest BCUT2D eigenvalue weighted by molar-refractivity contribution is 0.942. The second-order valence-corrected chi connectivity index (χ2v) is 6.37. The Balaban J connectivity index is 1.87. The minimum absolute atomic E-state index is 0.0614. The molecule has 0 nitrogen and oxygen atoms in total. The maximum Gasteiger partial charge on any atom is 0.0733 e. The molecule has 3 aromatic rings. The summed E-state index contributed by atoms with van der Waals surface area (Å²) in [6.45, 7) is 0. The predicted octanol–water partition coefficient (Wildman–Crippen LogP) is 6.08. The fraction of sp³-hybridized carbons (Fsp3) is 0.125. The zero-order valence-electron chi connectivity index (χ0n) is 10.1. The van der Waals surface area contributed by atoms with E-state index in [-0.39, 0.29) is 5.38 Å². The quantitative estimate of drug-likeness (QED) is 0.515. The maximum absolute atomic E-state index is 6.46. The molecule has 0 N–H and O–H groups in total. The van der Waals surface area contributed by atoms with Gasteiger partial charge in [0.15, 0.2) is 0 Å². The molecule has 0 radical (unpaired) electrons. The Morgan fingerprint density at radius 2 is 1.79 bits per heavy atom. The second-order valence-electron chi connectivity index (χ2n) is 4.49. The highest BCUT2D eigenvalue weighted by molar-refractivity contribution is 7.11. The molecule has 1 aromatic heterocycles. The number of benzene rings is 2. The van der Waals surface area contributed by atoms with Crippen LogP contribution >= 0.6 is 34.5 Å². The van der Waals surface area contributed by atoms with Crippen LogP contribution in [0, 0.1) is 0 Å². The first-order valence-electron chi connectivity index (χ1n) is 6.08. The van der Waals surface area contributed by atoms with Crippen LogP contribution < -0.4 is 0 Å². The molecular weight excluding hydrogens is 295 g/mol. The standard InChI is InChI=1S/C16H12Cl2S/c17-14-7-8-19-16(14)15(18)10-11-5-6-12-3-1-2-4-13(12)9-11/h1-9,15H,10H2. The van der Waals surface area contributed by atoms with Crippen molar-refractivity contribution in [2.24, 2.45) is 0 Å². The second kappa shape index (κ2) is 5.54. The highest BCUT2D eigenvalue weighted by Gasteiger charge is 2.14. The third-order valence-corrected chi connectivity index (χ3v) is 5.13. The molecule has 1 atom stereocenters. The Hall–Kier alpha value is -1.02. The van der Waals surface area contributed by atoms with Crippen LogP contribution in [0.2, 0.25) is 5.02 Å². The van der Waals surface area contributed by atoms with E-state index in [0.29, 0.717) is 0 Å². The van der Waals surface area contributed by atoms with Crippen molar-refractivity contribution >= 4 is 45.3 Å². The average molecular weight is 307 g/mol. The molecule has 0 fully saturated rings. The Labute approximate surface area is 126 Å². The van der Waals surface area contributed by atoms with Gasteiger partial charge in [0.05, 0.1) is 10.4 Å². The normalized spacial score (nSPS) is 12.7. The van der Waals surface area contributed by atoms with Gasteiger partial charge >= 0.3 is 0 Å². The van der Waals surface area contributed by atoms with Crippen molar-refractivity contribution in [3.05, 3.63) is 69.4 Å². The number of rotatable bonds is 3. The van der Waals surface area contributed by atoms with Gasteiger partial charge in [-0.25, -0.2) is 0 Å². The highest BCUT2D eigenvalue weighted by atomic mass is 35.5. The third-order valence-electron chi connectivity index (χ3n) is 3.16. The molecule has 0 aliphatic carbocycles. The van der Waals surface area contributed by atoms with Crippen molar-refractivity contribution in [1.82, 2.24) is 0 Å². The Morgan fingerprint density at radius 1 is 1.00 bits per heavy atom.